The number of amides is 1. The van der Waals surface area contributed by atoms with Gasteiger partial charge in [-0.1, -0.05) is 31.2 Å². The van der Waals surface area contributed by atoms with Gasteiger partial charge in [0.2, 0.25) is 0 Å². The molecule has 1 atom stereocenters. The number of hydrogen-bond acceptors (Lipinski definition) is 2. The number of hydrogen-bond donors (Lipinski definition) is 0. The molecule has 0 aromatic heterocycles. The van der Waals surface area contributed by atoms with Gasteiger partial charge in [0.05, 0.1) is 5.70 Å². The van der Waals surface area contributed by atoms with Crippen LogP contribution >= 0.6 is 0 Å². The summed E-state index contributed by atoms with van der Waals surface area (Å²) in [5.41, 5.74) is 5.73. The molecule has 1 aromatic rings. The first-order valence-corrected chi connectivity index (χ1v) is 7.54. The van der Waals surface area contributed by atoms with Crippen LogP contribution in [0.2, 0.25) is 0 Å². The molecule has 2 aliphatic heterocycles. The monoisotopic (exact) mass is 282 g/mol. The number of benzene rings is 1. The van der Waals surface area contributed by atoms with E-state index < -0.39 is 0 Å². The van der Waals surface area contributed by atoms with E-state index in [-0.39, 0.29) is 11.8 Å². The van der Waals surface area contributed by atoms with Crippen molar-refractivity contribution in [3.8, 4) is 0 Å². The van der Waals surface area contributed by atoms with Crippen molar-refractivity contribution in [2.75, 3.05) is 14.1 Å². The molecular formula is C18H22N2O. The van der Waals surface area contributed by atoms with Crippen molar-refractivity contribution in [1.29, 1.82) is 0 Å². The quantitative estimate of drug-likeness (QED) is 0.790. The molecule has 110 valence electrons. The Morgan fingerprint density at radius 1 is 1.29 bits per heavy atom. The predicted molar refractivity (Wildman–Crippen MR) is 85.3 cm³/mol. The number of rotatable bonds is 1. The largest absolute Gasteiger partial charge is 0.350 e. The summed E-state index contributed by atoms with van der Waals surface area (Å²) in [6.45, 7) is 4.95. The zero-order valence-electron chi connectivity index (χ0n) is 13.2. The molecule has 2 heterocycles. The van der Waals surface area contributed by atoms with Crippen LogP contribution in [0.4, 0.5) is 0 Å². The lowest BCUT2D eigenvalue weighted by Crippen LogP contribution is -2.31. The van der Waals surface area contributed by atoms with E-state index in [1.54, 1.807) is 0 Å². The van der Waals surface area contributed by atoms with E-state index in [4.69, 9.17) is 0 Å². The van der Waals surface area contributed by atoms with Crippen LogP contribution in [-0.4, -0.2) is 29.8 Å². The van der Waals surface area contributed by atoms with Gasteiger partial charge in [0.15, 0.2) is 0 Å². The van der Waals surface area contributed by atoms with E-state index in [1.807, 2.05) is 19.0 Å². The molecule has 0 unspecified atom stereocenters. The Balaban J connectivity index is 2.33. The zero-order valence-corrected chi connectivity index (χ0v) is 13.2. The number of nitrogens with zero attached hydrogens (tertiary/aromatic N) is 2. The lowest BCUT2D eigenvalue weighted by Gasteiger charge is -2.30. The Bertz CT molecular complexity index is 657. The normalized spacial score (nSPS) is 21.3. The number of fused-ring (bicyclic) bond motifs is 2. The molecule has 2 aliphatic rings. The number of carbonyl (C=O) groups is 1. The minimum atomic E-state index is 0.156. The highest BCUT2D eigenvalue weighted by molar-refractivity contribution is 6.03. The fraction of sp³-hybridized carbons (Fsp3) is 0.389. The van der Waals surface area contributed by atoms with Crippen molar-refractivity contribution < 1.29 is 4.79 Å². The molecule has 0 N–H and O–H groups in total. The van der Waals surface area contributed by atoms with Crippen molar-refractivity contribution in [2.24, 2.45) is 5.92 Å². The maximum absolute atomic E-state index is 12.9. The Morgan fingerprint density at radius 2 is 2.05 bits per heavy atom. The third-order valence-corrected chi connectivity index (χ3v) is 4.54. The van der Waals surface area contributed by atoms with E-state index >= 15 is 0 Å². The van der Waals surface area contributed by atoms with E-state index in [1.165, 1.54) is 16.7 Å². The molecule has 0 fully saturated rings. The van der Waals surface area contributed by atoms with Crippen LogP contribution in [0.15, 0.2) is 36.0 Å². The molecule has 0 saturated carbocycles. The summed E-state index contributed by atoms with van der Waals surface area (Å²) in [6, 6.07) is 6.34. The molecule has 0 saturated heterocycles. The van der Waals surface area contributed by atoms with Gasteiger partial charge in [0.1, 0.15) is 0 Å². The molecule has 3 rings (SSSR count). The summed E-state index contributed by atoms with van der Waals surface area (Å²) in [4.78, 5) is 16.8. The maximum atomic E-state index is 12.9. The molecule has 1 amide bonds. The van der Waals surface area contributed by atoms with Gasteiger partial charge in [-0.05, 0) is 24.5 Å². The standard InChI is InChI=1S/C18H22N2O/c1-5-13-9-10-19(3)17-15-12(2)7-6-8-14(15)11-20(4)18(21)16(13)17/h6-10,13H,5,11H2,1-4H3/t13-/m1/s1. The molecule has 3 heteroatoms. The zero-order chi connectivity index (χ0) is 15.1. The van der Waals surface area contributed by atoms with Gasteiger partial charge in [-0.3, -0.25) is 4.79 Å². The van der Waals surface area contributed by atoms with Crippen molar-refractivity contribution in [2.45, 2.75) is 26.8 Å². The molecular weight excluding hydrogens is 260 g/mol. The summed E-state index contributed by atoms with van der Waals surface area (Å²) in [5, 5.41) is 0. The Hall–Kier alpha value is -2.03. The highest BCUT2D eigenvalue weighted by Crippen LogP contribution is 2.39. The summed E-state index contributed by atoms with van der Waals surface area (Å²) in [5.74, 6) is 0.361. The minimum Gasteiger partial charge on any atom is -0.350 e. The van der Waals surface area contributed by atoms with E-state index in [0.717, 1.165) is 17.7 Å². The van der Waals surface area contributed by atoms with Crippen LogP contribution in [0.25, 0.3) is 5.70 Å². The first-order valence-electron chi connectivity index (χ1n) is 7.54. The smallest absolute Gasteiger partial charge is 0.252 e. The second-order valence-electron chi connectivity index (χ2n) is 6.00. The SMILES string of the molecule is CC[C@@H]1C=CN(C)C2=C1C(=O)N(C)Cc1cccc(C)c12. The maximum Gasteiger partial charge on any atom is 0.252 e. The highest BCUT2D eigenvalue weighted by atomic mass is 16.2. The number of aryl methyl sites for hydroxylation is 1. The highest BCUT2D eigenvalue weighted by Gasteiger charge is 2.33. The molecule has 0 aliphatic carbocycles. The fourth-order valence-electron chi connectivity index (χ4n) is 3.41. The van der Waals surface area contributed by atoms with Gasteiger partial charge in [0.25, 0.3) is 5.91 Å². The number of allylic oxidation sites excluding steroid dienone is 1. The lowest BCUT2D eigenvalue weighted by atomic mass is 9.87. The molecule has 0 radical (unpaired) electrons. The summed E-state index contributed by atoms with van der Waals surface area (Å²) in [7, 11) is 3.93. The van der Waals surface area contributed by atoms with Crippen molar-refractivity contribution in [3.63, 3.8) is 0 Å². The fourth-order valence-corrected chi connectivity index (χ4v) is 3.41. The Labute approximate surface area is 126 Å². The predicted octanol–water partition coefficient (Wildman–Crippen LogP) is 3.16. The summed E-state index contributed by atoms with van der Waals surface area (Å²) in [6.07, 6.45) is 5.19. The third-order valence-electron chi connectivity index (χ3n) is 4.54. The van der Waals surface area contributed by atoms with Gasteiger partial charge in [-0.2, -0.15) is 0 Å². The first kappa shape index (κ1) is 13.9. The number of carbonyl (C=O) groups excluding carboxylic acids is 1. The second-order valence-corrected chi connectivity index (χ2v) is 6.00. The minimum absolute atomic E-state index is 0.156. The first-order chi connectivity index (χ1) is 10.0. The summed E-state index contributed by atoms with van der Waals surface area (Å²) >= 11 is 0. The molecule has 21 heavy (non-hydrogen) atoms. The van der Waals surface area contributed by atoms with Gasteiger partial charge < -0.3 is 9.80 Å². The van der Waals surface area contributed by atoms with Crippen LogP contribution in [0.3, 0.4) is 0 Å². The van der Waals surface area contributed by atoms with Gasteiger partial charge in [-0.15, -0.1) is 0 Å². The summed E-state index contributed by atoms with van der Waals surface area (Å²) < 4.78 is 0. The number of likely N-dealkylation sites (N-methyl/N-ethyl adjacent to an activating group) is 1. The van der Waals surface area contributed by atoms with E-state index in [0.29, 0.717) is 6.54 Å². The lowest BCUT2D eigenvalue weighted by molar-refractivity contribution is -0.126. The van der Waals surface area contributed by atoms with Crippen LogP contribution < -0.4 is 0 Å². The molecule has 0 spiro atoms. The average Bonchev–Trinajstić information content (AvgIpc) is 2.57. The third kappa shape index (κ3) is 2.08. The van der Waals surface area contributed by atoms with E-state index in [9.17, 15) is 4.79 Å². The molecule has 0 bridgehead atoms. The van der Waals surface area contributed by atoms with Crippen LogP contribution in [0.5, 0.6) is 0 Å². The topological polar surface area (TPSA) is 23.6 Å². The van der Waals surface area contributed by atoms with Gasteiger partial charge in [-0.25, -0.2) is 0 Å². The van der Waals surface area contributed by atoms with Crippen LogP contribution in [-0.2, 0) is 11.3 Å². The second kappa shape index (κ2) is 5.06. The van der Waals surface area contributed by atoms with Crippen molar-refractivity contribution >= 4 is 11.6 Å². The Morgan fingerprint density at radius 3 is 2.76 bits per heavy atom. The van der Waals surface area contributed by atoms with Crippen LogP contribution in [0.1, 0.15) is 30.0 Å². The Kier molecular flexibility index (Phi) is 3.36. The molecule has 1 aromatic carbocycles. The van der Waals surface area contributed by atoms with E-state index in [2.05, 4.69) is 49.2 Å². The average molecular weight is 282 g/mol. The van der Waals surface area contributed by atoms with Gasteiger partial charge >= 0.3 is 0 Å². The van der Waals surface area contributed by atoms with Crippen LogP contribution in [0, 0.1) is 12.8 Å². The molecule has 3 nitrogen and oxygen atoms in total. The van der Waals surface area contributed by atoms with Crippen molar-refractivity contribution in [3.05, 3.63) is 52.7 Å². The van der Waals surface area contributed by atoms with Crippen molar-refractivity contribution in [1.82, 2.24) is 9.80 Å². The van der Waals surface area contributed by atoms with Gasteiger partial charge in [0, 0.05) is 43.9 Å².